The van der Waals surface area contributed by atoms with E-state index in [-0.39, 0.29) is 11.3 Å². The van der Waals surface area contributed by atoms with E-state index < -0.39 is 28.7 Å². The fraction of sp³-hybridized carbons (Fsp3) is 0.421. The highest BCUT2D eigenvalue weighted by Crippen LogP contribution is 2.50. The van der Waals surface area contributed by atoms with Gasteiger partial charge in [-0.05, 0) is 37.6 Å². The Morgan fingerprint density at radius 2 is 1.93 bits per heavy atom. The van der Waals surface area contributed by atoms with Gasteiger partial charge in [0.15, 0.2) is 11.5 Å². The lowest BCUT2D eigenvalue weighted by Crippen LogP contribution is -2.70. The number of ether oxygens (including phenoxy) is 2. The van der Waals surface area contributed by atoms with E-state index in [1.54, 1.807) is 38.1 Å². The number of β-lactam (4-membered cyclic amide) rings is 1. The predicted octanol–water partition coefficient (Wildman–Crippen LogP) is 1.35. The van der Waals surface area contributed by atoms with Gasteiger partial charge in [-0.3, -0.25) is 9.59 Å². The van der Waals surface area contributed by atoms with E-state index in [0.29, 0.717) is 11.5 Å². The number of amides is 2. The van der Waals surface area contributed by atoms with Crippen LogP contribution in [-0.2, 0) is 14.4 Å². The number of fused-ring (bicyclic) bond motifs is 1. The summed E-state index contributed by atoms with van der Waals surface area (Å²) in [5.41, 5.74) is 0.733. The van der Waals surface area contributed by atoms with Crippen LogP contribution < -0.4 is 14.8 Å². The molecule has 28 heavy (non-hydrogen) atoms. The Hall–Kier alpha value is -2.68. The molecule has 2 fully saturated rings. The molecule has 1 aromatic rings. The minimum atomic E-state index is -1.04. The van der Waals surface area contributed by atoms with Crippen molar-refractivity contribution < 1.29 is 29.0 Å². The normalized spacial score (nSPS) is 25.2. The van der Waals surface area contributed by atoms with Gasteiger partial charge in [0.05, 0.1) is 14.2 Å². The van der Waals surface area contributed by atoms with Gasteiger partial charge in [0, 0.05) is 10.8 Å². The quantitative estimate of drug-likeness (QED) is 0.543. The number of methoxy groups -OCH3 is 2. The van der Waals surface area contributed by atoms with Gasteiger partial charge in [0.1, 0.15) is 17.5 Å². The standard InChI is InChI=1S/C19H22N2O6S/c1-19(2)15(18(24)25)21-16(23)14(17(21)28-19)20-13(22)8-6-10-5-7-11(26-3)12(9-10)27-4/h5-9,14-15,17H,1-4H3,(H,20,22)(H,24,25)/b8-6-/t14-,15-,17+/m1/s1. The first-order valence-corrected chi connectivity index (χ1v) is 9.51. The lowest BCUT2D eigenvalue weighted by Gasteiger charge is -2.43. The van der Waals surface area contributed by atoms with E-state index in [9.17, 15) is 19.5 Å². The van der Waals surface area contributed by atoms with Crippen LogP contribution >= 0.6 is 11.8 Å². The Bertz CT molecular complexity index is 853. The summed E-state index contributed by atoms with van der Waals surface area (Å²) < 4.78 is 9.77. The summed E-state index contributed by atoms with van der Waals surface area (Å²) in [7, 11) is 3.06. The Morgan fingerprint density at radius 1 is 1.25 bits per heavy atom. The lowest BCUT2D eigenvalue weighted by atomic mass is 9.96. The Kier molecular flexibility index (Phi) is 5.29. The van der Waals surface area contributed by atoms with Crippen LogP contribution in [0.25, 0.3) is 6.08 Å². The van der Waals surface area contributed by atoms with Gasteiger partial charge in [0.2, 0.25) is 11.8 Å². The molecule has 0 unspecified atom stereocenters. The van der Waals surface area contributed by atoms with E-state index in [1.165, 1.54) is 37.0 Å². The molecule has 150 valence electrons. The highest BCUT2D eigenvalue weighted by molar-refractivity contribution is 8.01. The zero-order chi connectivity index (χ0) is 20.6. The van der Waals surface area contributed by atoms with Crippen molar-refractivity contribution in [1.29, 1.82) is 0 Å². The monoisotopic (exact) mass is 406 g/mol. The molecule has 2 N–H and O–H groups in total. The predicted molar refractivity (Wildman–Crippen MR) is 104 cm³/mol. The second-order valence-corrected chi connectivity index (χ2v) is 8.80. The van der Waals surface area contributed by atoms with Crippen molar-refractivity contribution in [1.82, 2.24) is 10.2 Å². The first-order valence-electron chi connectivity index (χ1n) is 8.63. The van der Waals surface area contributed by atoms with Crippen molar-refractivity contribution in [3.63, 3.8) is 0 Å². The molecule has 0 aliphatic carbocycles. The molecule has 0 bridgehead atoms. The zero-order valence-corrected chi connectivity index (χ0v) is 16.8. The summed E-state index contributed by atoms with van der Waals surface area (Å²) in [6, 6.07) is 3.61. The minimum Gasteiger partial charge on any atom is -0.493 e. The molecule has 3 rings (SSSR count). The number of rotatable bonds is 6. The third-order valence-corrected chi connectivity index (χ3v) is 6.38. The average molecular weight is 406 g/mol. The Morgan fingerprint density at radius 3 is 2.54 bits per heavy atom. The lowest BCUT2D eigenvalue weighted by molar-refractivity contribution is -0.160. The van der Waals surface area contributed by atoms with Crippen molar-refractivity contribution in [2.45, 2.75) is 36.1 Å². The van der Waals surface area contributed by atoms with Gasteiger partial charge in [-0.2, -0.15) is 0 Å². The number of carboxylic acid groups (broad SMARTS) is 1. The van der Waals surface area contributed by atoms with Gasteiger partial charge in [-0.15, -0.1) is 11.8 Å². The smallest absolute Gasteiger partial charge is 0.327 e. The largest absolute Gasteiger partial charge is 0.493 e. The van der Waals surface area contributed by atoms with Gasteiger partial charge in [0.25, 0.3) is 0 Å². The molecule has 3 atom stereocenters. The highest BCUT2D eigenvalue weighted by atomic mass is 32.2. The van der Waals surface area contributed by atoms with Crippen LogP contribution in [0.4, 0.5) is 0 Å². The topological polar surface area (TPSA) is 105 Å². The number of nitrogens with one attached hydrogen (secondary N) is 1. The zero-order valence-electron chi connectivity index (χ0n) is 16.0. The number of benzene rings is 1. The van der Waals surface area contributed by atoms with Crippen molar-refractivity contribution in [2.24, 2.45) is 0 Å². The molecule has 2 amide bonds. The van der Waals surface area contributed by atoms with E-state index in [1.807, 2.05) is 0 Å². The molecule has 2 heterocycles. The maximum absolute atomic E-state index is 12.4. The molecule has 8 nitrogen and oxygen atoms in total. The Labute approximate surface area is 166 Å². The maximum atomic E-state index is 12.4. The second kappa shape index (κ2) is 7.38. The summed E-state index contributed by atoms with van der Waals surface area (Å²) >= 11 is 1.39. The molecule has 2 aliphatic rings. The van der Waals surface area contributed by atoms with Crippen molar-refractivity contribution in [3.8, 4) is 11.5 Å². The first kappa shape index (κ1) is 20.1. The van der Waals surface area contributed by atoms with Gasteiger partial charge < -0.3 is 24.8 Å². The van der Waals surface area contributed by atoms with Crippen LogP contribution in [0.1, 0.15) is 19.4 Å². The minimum absolute atomic E-state index is 0.372. The molecule has 1 aromatic carbocycles. The van der Waals surface area contributed by atoms with Crippen LogP contribution in [0.2, 0.25) is 0 Å². The summed E-state index contributed by atoms with van der Waals surface area (Å²) in [5.74, 6) is -0.711. The fourth-order valence-electron chi connectivity index (χ4n) is 3.48. The van der Waals surface area contributed by atoms with Crippen LogP contribution in [0.15, 0.2) is 24.3 Å². The van der Waals surface area contributed by atoms with Crippen molar-refractivity contribution >= 4 is 35.6 Å². The third-order valence-electron chi connectivity index (χ3n) is 4.81. The summed E-state index contributed by atoms with van der Waals surface area (Å²) in [4.78, 5) is 37.5. The SMILES string of the molecule is COc1ccc(/C=C\C(=O)N[C@@H]2C(=O)N3[C@H]2SC(C)(C)[C@H]3C(=O)O)cc1OC. The van der Waals surface area contributed by atoms with Crippen molar-refractivity contribution in [3.05, 3.63) is 29.8 Å². The number of carbonyl (C=O) groups is 3. The molecule has 0 aromatic heterocycles. The number of nitrogens with zero attached hydrogens (tertiary/aromatic N) is 1. The maximum Gasteiger partial charge on any atom is 0.327 e. The summed E-state index contributed by atoms with van der Waals surface area (Å²) in [6.07, 6.45) is 2.93. The Balaban J connectivity index is 1.66. The van der Waals surface area contributed by atoms with E-state index in [4.69, 9.17) is 9.47 Å². The van der Waals surface area contributed by atoms with Crippen LogP contribution in [0, 0.1) is 0 Å². The van der Waals surface area contributed by atoms with Crippen LogP contribution in [0.3, 0.4) is 0 Å². The number of thioether (sulfide) groups is 1. The van der Waals surface area contributed by atoms with Gasteiger partial charge in [-0.25, -0.2) is 4.79 Å². The molecule has 2 saturated heterocycles. The van der Waals surface area contributed by atoms with E-state index in [2.05, 4.69) is 5.32 Å². The van der Waals surface area contributed by atoms with Crippen LogP contribution in [-0.4, -0.2) is 64.2 Å². The molecule has 2 aliphatic heterocycles. The number of aliphatic carboxylic acids is 1. The fourth-order valence-corrected chi connectivity index (χ4v) is 5.10. The van der Waals surface area contributed by atoms with E-state index >= 15 is 0 Å². The van der Waals surface area contributed by atoms with E-state index in [0.717, 1.165) is 5.56 Å². The third kappa shape index (κ3) is 3.42. The van der Waals surface area contributed by atoms with Gasteiger partial charge >= 0.3 is 5.97 Å². The second-order valence-electron chi connectivity index (χ2n) is 7.03. The molecule has 9 heteroatoms. The number of hydrogen-bond donors (Lipinski definition) is 2. The number of carboxylic acids is 1. The van der Waals surface area contributed by atoms with Crippen molar-refractivity contribution in [2.75, 3.05) is 14.2 Å². The number of carbonyl (C=O) groups excluding carboxylic acids is 2. The first-order chi connectivity index (χ1) is 13.2. The highest BCUT2D eigenvalue weighted by Gasteiger charge is 2.64. The molecule has 0 radical (unpaired) electrons. The molecule has 0 spiro atoms. The number of hydrogen-bond acceptors (Lipinski definition) is 6. The molecular formula is C19H22N2O6S. The van der Waals surface area contributed by atoms with Crippen LogP contribution in [0.5, 0.6) is 11.5 Å². The summed E-state index contributed by atoms with van der Waals surface area (Å²) in [6.45, 7) is 3.58. The summed E-state index contributed by atoms with van der Waals surface area (Å²) in [5, 5.41) is 11.7. The van der Waals surface area contributed by atoms with Gasteiger partial charge in [-0.1, -0.05) is 6.07 Å². The molecule has 0 saturated carbocycles. The molecular weight excluding hydrogens is 384 g/mol. The average Bonchev–Trinajstić information content (AvgIpc) is 2.92.